The number of fused-ring (bicyclic) bond motifs is 6. The van der Waals surface area contributed by atoms with E-state index in [0.29, 0.717) is 42.5 Å². The maximum Gasteiger partial charge on any atom is 0.411 e. The minimum atomic E-state index is -0.594. The van der Waals surface area contributed by atoms with E-state index >= 15 is 0 Å². The van der Waals surface area contributed by atoms with E-state index in [9.17, 15) is 19.5 Å². The number of nitrogens with one attached hydrogen (secondary N) is 1. The normalized spacial score (nSPS) is 16.9. The Labute approximate surface area is 331 Å². The van der Waals surface area contributed by atoms with Crippen molar-refractivity contribution in [1.82, 2.24) is 4.98 Å². The van der Waals surface area contributed by atoms with Gasteiger partial charge >= 0.3 is 6.09 Å². The molecule has 0 fully saturated rings. The molecule has 0 saturated carbocycles. The molecule has 5 aromatic rings. The van der Waals surface area contributed by atoms with Crippen LogP contribution in [0, 0.1) is 0 Å². The molecule has 0 radical (unpaired) electrons. The van der Waals surface area contributed by atoms with Crippen LogP contribution in [-0.2, 0) is 14.3 Å². The topological polar surface area (TPSA) is 112 Å². The van der Waals surface area contributed by atoms with E-state index in [1.54, 1.807) is 32.9 Å². The molecule has 4 aromatic carbocycles. The van der Waals surface area contributed by atoms with Crippen molar-refractivity contribution in [2.24, 2.45) is 0 Å². The first kappa shape index (κ1) is 37.9. The number of carbonyl (C=O) groups excluding carboxylic acids is 3. The first-order valence-corrected chi connectivity index (χ1v) is 20.9. The number of aromatic hydroxyl groups is 1. The first-order valence-electron chi connectivity index (χ1n) is 17.7. The lowest BCUT2D eigenvalue weighted by Gasteiger charge is -2.21. The van der Waals surface area contributed by atoms with Crippen LogP contribution in [0.4, 0.5) is 21.9 Å². The summed E-state index contributed by atoms with van der Waals surface area (Å²) in [4.78, 5) is 48.4. The predicted octanol–water partition coefficient (Wildman–Crippen LogP) is 10.2. The van der Waals surface area contributed by atoms with Gasteiger partial charge in [0.15, 0.2) is 0 Å². The molecule has 3 unspecified atom stereocenters. The van der Waals surface area contributed by atoms with Gasteiger partial charge in [0.25, 0.3) is 0 Å². The maximum atomic E-state index is 13.9. The van der Waals surface area contributed by atoms with Crippen LogP contribution in [-0.4, -0.2) is 58.8 Å². The molecule has 0 aliphatic carbocycles. The number of hydrogen-bond acceptors (Lipinski definition) is 8. The summed E-state index contributed by atoms with van der Waals surface area (Å²) >= 11 is 12.5. The Morgan fingerprint density at radius 2 is 1.57 bits per heavy atom. The highest BCUT2D eigenvalue weighted by molar-refractivity contribution is 8.76. The zero-order valence-electron chi connectivity index (χ0n) is 29.4. The number of carbonyl (C=O) groups is 3. The molecule has 3 atom stereocenters. The average Bonchev–Trinajstić information content (AvgIpc) is 3.75. The van der Waals surface area contributed by atoms with Gasteiger partial charge in [0.1, 0.15) is 17.4 Å². The highest BCUT2D eigenvalue weighted by Gasteiger charge is 2.36. The summed E-state index contributed by atoms with van der Waals surface area (Å²) in [6.45, 7) is 2.96. The smallest absolute Gasteiger partial charge is 0.411 e. The van der Waals surface area contributed by atoms with Crippen molar-refractivity contribution in [2.75, 3.05) is 40.7 Å². The second-order valence-corrected chi connectivity index (χ2v) is 16.5. The standard InChI is InChI=1S/C41H38Cl2N4O5S2/c1-25(53-54-36-13-6-7-18-44-36)24-52-41(51)45-32-19-33-39(30-11-4-2-9-28(30)32)26(16-17-42)22-46(33)37(49)14-8-15-38(50)47-23-27(21-43)40-31-12-5-3-10-29(31)35(48)20-34(40)47/h2-7,9-13,16-20,25-27,48H,8,14-15,21-24H2,1H3,(H,45,51). The Morgan fingerprint density at radius 1 is 0.926 bits per heavy atom. The van der Waals surface area contributed by atoms with Crippen molar-refractivity contribution in [2.45, 2.75) is 48.3 Å². The molecule has 3 amide bonds. The van der Waals surface area contributed by atoms with E-state index in [0.717, 1.165) is 37.7 Å². The van der Waals surface area contributed by atoms with Gasteiger partial charge in [0.2, 0.25) is 11.8 Å². The molecule has 7 rings (SSSR count). The van der Waals surface area contributed by atoms with E-state index in [4.69, 9.17) is 27.9 Å². The van der Waals surface area contributed by atoms with Crippen molar-refractivity contribution >= 4 is 101 Å². The van der Waals surface area contributed by atoms with Crippen molar-refractivity contribution in [3.8, 4) is 5.75 Å². The highest BCUT2D eigenvalue weighted by atomic mass is 35.5. The number of amides is 3. The highest BCUT2D eigenvalue weighted by Crippen LogP contribution is 2.47. The summed E-state index contributed by atoms with van der Waals surface area (Å²) in [5, 5.41) is 17.9. The molecule has 0 saturated heterocycles. The van der Waals surface area contributed by atoms with Gasteiger partial charge in [0.05, 0.1) is 17.1 Å². The largest absolute Gasteiger partial charge is 0.507 e. The van der Waals surface area contributed by atoms with Crippen molar-refractivity contribution < 1.29 is 24.2 Å². The molecular weight excluding hydrogens is 764 g/mol. The van der Waals surface area contributed by atoms with Gasteiger partial charge in [-0.15, -0.1) is 11.6 Å². The van der Waals surface area contributed by atoms with Crippen LogP contribution < -0.4 is 15.1 Å². The number of anilines is 3. The minimum absolute atomic E-state index is 0.0108. The third-order valence-electron chi connectivity index (χ3n) is 9.75. The molecule has 54 heavy (non-hydrogen) atoms. The van der Waals surface area contributed by atoms with E-state index in [-0.39, 0.29) is 54.1 Å². The van der Waals surface area contributed by atoms with Gasteiger partial charge in [-0.25, -0.2) is 9.78 Å². The summed E-state index contributed by atoms with van der Waals surface area (Å²) < 4.78 is 5.61. The van der Waals surface area contributed by atoms with Crippen molar-refractivity contribution in [3.63, 3.8) is 0 Å². The Kier molecular flexibility index (Phi) is 11.9. The number of halogens is 2. The number of phenols is 1. The maximum absolute atomic E-state index is 13.9. The lowest BCUT2D eigenvalue weighted by molar-refractivity contribution is -0.119. The van der Waals surface area contributed by atoms with E-state index < -0.39 is 6.09 Å². The minimum Gasteiger partial charge on any atom is -0.507 e. The number of phenolic OH excluding ortho intramolecular Hbond substituents is 1. The third-order valence-corrected chi connectivity index (χ3v) is 13.0. The van der Waals surface area contributed by atoms with Gasteiger partial charge < -0.3 is 19.6 Å². The Balaban J connectivity index is 1.04. The van der Waals surface area contributed by atoms with Gasteiger partial charge in [-0.1, -0.05) is 83.1 Å². The molecule has 9 nitrogen and oxygen atoms in total. The quantitative estimate of drug-likeness (QED) is 0.0948. The van der Waals surface area contributed by atoms with Crippen LogP contribution in [0.5, 0.6) is 5.75 Å². The van der Waals surface area contributed by atoms with Crippen LogP contribution >= 0.6 is 44.8 Å². The molecular formula is C41H38Cl2N4O5S2. The molecule has 2 N–H and O–H groups in total. The lowest BCUT2D eigenvalue weighted by atomic mass is 9.94. The van der Waals surface area contributed by atoms with Crippen LogP contribution in [0.15, 0.2) is 102 Å². The van der Waals surface area contributed by atoms with E-state index in [1.165, 1.54) is 16.3 Å². The third kappa shape index (κ3) is 7.86. The van der Waals surface area contributed by atoms with Crippen LogP contribution in [0.3, 0.4) is 0 Å². The second kappa shape index (κ2) is 16.9. The molecule has 13 heteroatoms. The van der Waals surface area contributed by atoms with Gasteiger partial charge in [0, 0.05) is 77.5 Å². The number of nitrogens with zero attached hydrogens (tertiary/aromatic N) is 3. The molecule has 1 aromatic heterocycles. The lowest BCUT2D eigenvalue weighted by Crippen LogP contribution is -2.31. The summed E-state index contributed by atoms with van der Waals surface area (Å²) in [6, 6.07) is 24.5. The second-order valence-electron chi connectivity index (χ2n) is 13.3. The molecule has 2 aliphatic rings. The number of hydrogen-bond donors (Lipinski definition) is 2. The predicted molar refractivity (Wildman–Crippen MR) is 221 cm³/mol. The fourth-order valence-electron chi connectivity index (χ4n) is 7.31. The number of alkyl halides is 1. The van der Waals surface area contributed by atoms with Crippen LogP contribution in [0.2, 0.25) is 0 Å². The monoisotopic (exact) mass is 800 g/mol. The average molecular weight is 802 g/mol. The van der Waals surface area contributed by atoms with Crippen molar-refractivity contribution in [3.05, 3.63) is 108 Å². The van der Waals surface area contributed by atoms with Crippen LogP contribution in [0.1, 0.15) is 49.1 Å². The Morgan fingerprint density at radius 3 is 2.26 bits per heavy atom. The van der Waals surface area contributed by atoms with Crippen molar-refractivity contribution in [1.29, 1.82) is 0 Å². The Hall–Kier alpha value is -4.42. The SMILES string of the molecule is CC(COC(=O)Nc1cc2c(c3ccccc13)C(C=CCl)CN2C(=O)CCCC(=O)N1CC(CCl)c2c1cc(O)c1ccccc21)SSc1ccccn1. The summed E-state index contributed by atoms with van der Waals surface area (Å²) in [5.74, 6) is -0.0592. The van der Waals surface area contributed by atoms with Gasteiger partial charge in [-0.3, -0.25) is 14.9 Å². The molecule has 278 valence electrons. The fourth-order valence-corrected chi connectivity index (χ4v) is 9.61. The number of benzene rings is 4. The zero-order valence-corrected chi connectivity index (χ0v) is 32.6. The zero-order chi connectivity index (χ0) is 37.8. The number of ether oxygens (including phenoxy) is 1. The molecule has 2 aliphatic heterocycles. The molecule has 0 bridgehead atoms. The van der Waals surface area contributed by atoms with Gasteiger partial charge in [-0.2, -0.15) is 0 Å². The first-order chi connectivity index (χ1) is 26.3. The molecule has 3 heterocycles. The van der Waals surface area contributed by atoms with E-state index in [2.05, 4.69) is 10.3 Å². The summed E-state index contributed by atoms with van der Waals surface area (Å²) in [5.41, 5.74) is 5.24. The number of pyridine rings is 1. The number of rotatable bonds is 12. The summed E-state index contributed by atoms with van der Waals surface area (Å²) in [6.07, 6.45) is 3.62. The van der Waals surface area contributed by atoms with E-state index in [1.807, 2.05) is 85.8 Å². The number of aromatic nitrogens is 1. The molecule has 0 spiro atoms. The van der Waals surface area contributed by atoms with Gasteiger partial charge in [-0.05, 0) is 64.2 Å². The Bertz CT molecular complexity index is 2240. The summed E-state index contributed by atoms with van der Waals surface area (Å²) in [7, 11) is 3.09. The fraction of sp³-hybridized carbons (Fsp3) is 0.268. The van der Waals surface area contributed by atoms with Crippen LogP contribution in [0.25, 0.3) is 21.5 Å².